The van der Waals surface area contributed by atoms with Crippen LogP contribution in [-0.4, -0.2) is 23.8 Å². The molecule has 2 aromatic rings. The van der Waals surface area contributed by atoms with E-state index in [4.69, 9.17) is 19.5 Å². The number of hydrogen-bond donors (Lipinski definition) is 2. The van der Waals surface area contributed by atoms with Crippen LogP contribution in [0.5, 0.6) is 11.5 Å². The van der Waals surface area contributed by atoms with E-state index in [1.807, 2.05) is 6.07 Å². The van der Waals surface area contributed by atoms with E-state index in [9.17, 15) is 0 Å². The Morgan fingerprint density at radius 1 is 1.19 bits per heavy atom. The van der Waals surface area contributed by atoms with Crippen molar-refractivity contribution in [2.45, 2.75) is 13.0 Å². The van der Waals surface area contributed by atoms with Gasteiger partial charge in [-0.25, -0.2) is 0 Å². The fourth-order valence-corrected chi connectivity index (χ4v) is 2.90. The summed E-state index contributed by atoms with van der Waals surface area (Å²) in [7, 11) is -1.46. The van der Waals surface area contributed by atoms with Crippen LogP contribution in [0.3, 0.4) is 0 Å². The first-order chi connectivity index (χ1) is 10.1. The summed E-state index contributed by atoms with van der Waals surface area (Å²) in [6, 6.07) is 10.8. The molecule has 21 heavy (non-hydrogen) atoms. The molecule has 0 saturated carbocycles. The van der Waals surface area contributed by atoms with Crippen molar-refractivity contribution in [3.05, 3.63) is 52.0 Å². The summed E-state index contributed by atoms with van der Waals surface area (Å²) in [6.45, 7) is 1.12. The molecule has 0 aromatic heterocycles. The third-order valence-electron chi connectivity index (χ3n) is 3.40. The van der Waals surface area contributed by atoms with Gasteiger partial charge in [0, 0.05) is 16.5 Å². The van der Waals surface area contributed by atoms with E-state index in [2.05, 4.69) is 22.0 Å². The zero-order valence-corrected chi connectivity index (χ0v) is 12.8. The summed E-state index contributed by atoms with van der Waals surface area (Å²) < 4.78 is 12.4. The molecular weight excluding hydrogens is 335 g/mol. The Balaban J connectivity index is 1.73. The first-order valence-corrected chi connectivity index (χ1v) is 7.46. The molecule has 2 aromatic carbocycles. The van der Waals surface area contributed by atoms with E-state index in [0.29, 0.717) is 24.4 Å². The summed E-state index contributed by atoms with van der Waals surface area (Å²) >= 11 is 3.50. The van der Waals surface area contributed by atoms with E-state index >= 15 is 0 Å². The second-order valence-electron chi connectivity index (χ2n) is 4.88. The summed E-state index contributed by atoms with van der Waals surface area (Å²) in [5, 5.41) is 18.1. The highest BCUT2D eigenvalue weighted by Crippen LogP contribution is 2.33. The van der Waals surface area contributed by atoms with Gasteiger partial charge in [-0.2, -0.15) is 0 Å². The Kier molecular flexibility index (Phi) is 4.19. The maximum atomic E-state index is 9.05. The predicted molar refractivity (Wildman–Crippen MR) is 83.9 cm³/mol. The van der Waals surface area contributed by atoms with Gasteiger partial charge < -0.3 is 19.5 Å². The van der Waals surface area contributed by atoms with Gasteiger partial charge in [-0.05, 0) is 35.3 Å². The minimum atomic E-state index is -1.46. The number of hydrogen-bond acceptors (Lipinski definition) is 4. The minimum absolute atomic E-state index is 0.406. The lowest BCUT2D eigenvalue weighted by Crippen LogP contribution is -2.29. The summed E-state index contributed by atoms with van der Waals surface area (Å²) in [4.78, 5) is 0. The standard InChI is InChI=1S/C15H14BBrO4/c17-13-7-10-5-6-20-15(10)11(8-13)9-21-14-3-1-12(2-4-14)16(18)19/h1-4,7-8,18-19H,5-6,9H2. The van der Waals surface area contributed by atoms with Crippen LogP contribution >= 0.6 is 15.9 Å². The molecule has 6 heteroatoms. The highest BCUT2D eigenvalue weighted by Gasteiger charge is 2.18. The monoisotopic (exact) mass is 348 g/mol. The molecular formula is C15H14BBrO4. The number of benzene rings is 2. The van der Waals surface area contributed by atoms with Crippen molar-refractivity contribution in [1.29, 1.82) is 0 Å². The first-order valence-electron chi connectivity index (χ1n) is 6.66. The van der Waals surface area contributed by atoms with Crippen LogP contribution in [0.15, 0.2) is 40.9 Å². The predicted octanol–water partition coefficient (Wildman–Crippen LogP) is 1.64. The van der Waals surface area contributed by atoms with E-state index < -0.39 is 7.12 Å². The van der Waals surface area contributed by atoms with Gasteiger partial charge in [0.25, 0.3) is 0 Å². The van der Waals surface area contributed by atoms with Crippen molar-refractivity contribution < 1.29 is 19.5 Å². The van der Waals surface area contributed by atoms with Crippen LogP contribution < -0.4 is 14.9 Å². The number of fused-ring (bicyclic) bond motifs is 1. The summed E-state index contributed by atoms with van der Waals surface area (Å²) in [6.07, 6.45) is 0.921. The molecule has 0 spiro atoms. The Hall–Kier alpha value is -1.50. The quantitative estimate of drug-likeness (QED) is 0.825. The van der Waals surface area contributed by atoms with Gasteiger partial charge in [0.05, 0.1) is 6.61 Å². The minimum Gasteiger partial charge on any atom is -0.493 e. The molecule has 0 atom stereocenters. The van der Waals surface area contributed by atoms with Crippen LogP contribution in [0.2, 0.25) is 0 Å². The first kappa shape index (κ1) is 14.4. The SMILES string of the molecule is OB(O)c1ccc(OCc2cc(Br)cc3c2OCC3)cc1. The molecule has 2 N–H and O–H groups in total. The number of ether oxygens (including phenoxy) is 2. The number of rotatable bonds is 4. The second-order valence-corrected chi connectivity index (χ2v) is 5.80. The van der Waals surface area contributed by atoms with Crippen molar-refractivity contribution in [2.24, 2.45) is 0 Å². The molecule has 0 unspecified atom stereocenters. The normalized spacial score (nSPS) is 12.7. The molecule has 0 aliphatic carbocycles. The zero-order valence-electron chi connectivity index (χ0n) is 11.3. The highest BCUT2D eigenvalue weighted by atomic mass is 79.9. The van der Waals surface area contributed by atoms with E-state index in [-0.39, 0.29) is 0 Å². The van der Waals surface area contributed by atoms with Gasteiger partial charge in [-0.15, -0.1) is 0 Å². The maximum absolute atomic E-state index is 9.05. The molecule has 0 amide bonds. The molecule has 1 heterocycles. The van der Waals surface area contributed by atoms with Crippen molar-refractivity contribution in [2.75, 3.05) is 6.61 Å². The van der Waals surface area contributed by atoms with Gasteiger partial charge in [0.1, 0.15) is 18.1 Å². The highest BCUT2D eigenvalue weighted by molar-refractivity contribution is 9.10. The Bertz CT molecular complexity index is 643. The van der Waals surface area contributed by atoms with Crippen LogP contribution in [-0.2, 0) is 13.0 Å². The Labute approximate surface area is 131 Å². The molecule has 0 bridgehead atoms. The molecule has 1 aliphatic rings. The lowest BCUT2D eigenvalue weighted by Gasteiger charge is -2.11. The van der Waals surface area contributed by atoms with Gasteiger partial charge in [0.2, 0.25) is 0 Å². The molecule has 0 saturated heterocycles. The Morgan fingerprint density at radius 3 is 2.67 bits per heavy atom. The molecule has 4 nitrogen and oxygen atoms in total. The van der Waals surface area contributed by atoms with Gasteiger partial charge in [0.15, 0.2) is 0 Å². The third-order valence-corrected chi connectivity index (χ3v) is 3.86. The fourth-order valence-electron chi connectivity index (χ4n) is 2.35. The van der Waals surface area contributed by atoms with Crippen molar-refractivity contribution in [3.8, 4) is 11.5 Å². The topological polar surface area (TPSA) is 58.9 Å². The van der Waals surface area contributed by atoms with E-state index in [1.54, 1.807) is 24.3 Å². The Morgan fingerprint density at radius 2 is 1.95 bits per heavy atom. The fraction of sp³-hybridized carbons (Fsp3) is 0.200. The number of halogens is 1. The van der Waals surface area contributed by atoms with Crippen molar-refractivity contribution in [1.82, 2.24) is 0 Å². The van der Waals surface area contributed by atoms with Crippen LogP contribution in [0, 0.1) is 0 Å². The molecule has 0 radical (unpaired) electrons. The van der Waals surface area contributed by atoms with E-state index in [1.165, 1.54) is 5.56 Å². The molecule has 1 aliphatic heterocycles. The van der Waals surface area contributed by atoms with Gasteiger partial charge >= 0.3 is 7.12 Å². The molecule has 0 fully saturated rings. The van der Waals surface area contributed by atoms with Gasteiger partial charge in [-0.1, -0.05) is 28.1 Å². The zero-order chi connectivity index (χ0) is 14.8. The smallest absolute Gasteiger partial charge is 0.488 e. The second kappa shape index (κ2) is 6.09. The largest absolute Gasteiger partial charge is 0.493 e. The van der Waals surface area contributed by atoms with Gasteiger partial charge in [-0.3, -0.25) is 0 Å². The lowest BCUT2D eigenvalue weighted by molar-refractivity contribution is 0.292. The van der Waals surface area contributed by atoms with E-state index in [0.717, 1.165) is 22.2 Å². The van der Waals surface area contributed by atoms with Crippen LogP contribution in [0.4, 0.5) is 0 Å². The van der Waals surface area contributed by atoms with Crippen molar-refractivity contribution >= 4 is 28.5 Å². The van der Waals surface area contributed by atoms with Crippen molar-refractivity contribution in [3.63, 3.8) is 0 Å². The summed E-state index contributed by atoms with van der Waals surface area (Å²) in [5.41, 5.74) is 2.64. The molecule has 108 valence electrons. The lowest BCUT2D eigenvalue weighted by atomic mass is 9.80. The maximum Gasteiger partial charge on any atom is 0.488 e. The summed E-state index contributed by atoms with van der Waals surface area (Å²) in [5.74, 6) is 1.59. The van der Waals surface area contributed by atoms with Crippen LogP contribution in [0.1, 0.15) is 11.1 Å². The third kappa shape index (κ3) is 3.23. The molecule has 3 rings (SSSR count). The van der Waals surface area contributed by atoms with Crippen LogP contribution in [0.25, 0.3) is 0 Å². The average Bonchev–Trinajstić information content (AvgIpc) is 2.93. The average molecular weight is 349 g/mol.